The van der Waals surface area contributed by atoms with E-state index in [4.69, 9.17) is 0 Å². The third kappa shape index (κ3) is 4.54. The van der Waals surface area contributed by atoms with Gasteiger partial charge < -0.3 is 15.1 Å². The van der Waals surface area contributed by atoms with Crippen molar-refractivity contribution in [3.05, 3.63) is 53.0 Å². The van der Waals surface area contributed by atoms with Crippen LogP contribution in [0.3, 0.4) is 0 Å². The molecule has 0 saturated carbocycles. The molecule has 132 valence electrons. The van der Waals surface area contributed by atoms with Crippen LogP contribution in [-0.4, -0.2) is 58.9 Å². The summed E-state index contributed by atoms with van der Waals surface area (Å²) in [7, 11) is 2.07. The normalized spacial score (nSPS) is 15.2. The first-order valence-corrected chi connectivity index (χ1v) is 8.64. The van der Waals surface area contributed by atoms with Crippen molar-refractivity contribution < 1.29 is 4.79 Å². The largest absolute Gasteiger partial charge is 0.366 e. The molecule has 1 fully saturated rings. The molecule has 2 aromatic rings. The summed E-state index contributed by atoms with van der Waals surface area (Å²) in [6, 6.07) is 10.1. The summed E-state index contributed by atoms with van der Waals surface area (Å²) in [6.07, 6.45) is 0. The highest BCUT2D eigenvalue weighted by molar-refractivity contribution is 5.93. The van der Waals surface area contributed by atoms with Gasteiger partial charge >= 0.3 is 0 Å². The minimum absolute atomic E-state index is 0.0167. The summed E-state index contributed by atoms with van der Waals surface area (Å²) in [6.45, 7) is 7.83. The molecule has 0 atom stereocenters. The number of likely N-dealkylation sites (N-methyl/N-ethyl adjacent to an activating group) is 1. The zero-order valence-corrected chi connectivity index (χ0v) is 15.1. The molecule has 25 heavy (non-hydrogen) atoms. The van der Waals surface area contributed by atoms with Gasteiger partial charge in [0.05, 0.1) is 0 Å². The number of aryl methyl sites for hydroxylation is 2. The highest BCUT2D eigenvalue weighted by Crippen LogP contribution is 2.13. The number of piperazine rings is 1. The summed E-state index contributed by atoms with van der Waals surface area (Å²) in [4.78, 5) is 25.5. The van der Waals surface area contributed by atoms with Crippen molar-refractivity contribution in [2.75, 3.05) is 38.5 Å². The minimum Gasteiger partial charge on any atom is -0.366 e. The van der Waals surface area contributed by atoms with Crippen LogP contribution in [0.15, 0.2) is 30.3 Å². The van der Waals surface area contributed by atoms with Crippen molar-refractivity contribution >= 4 is 11.7 Å². The number of aromatic nitrogens is 2. The maximum Gasteiger partial charge on any atom is 0.272 e. The quantitative estimate of drug-likeness (QED) is 0.924. The first-order valence-electron chi connectivity index (χ1n) is 8.64. The molecule has 1 aromatic heterocycles. The van der Waals surface area contributed by atoms with E-state index >= 15 is 0 Å². The van der Waals surface area contributed by atoms with Gasteiger partial charge in [0.2, 0.25) is 0 Å². The number of hydrogen-bond acceptors (Lipinski definition) is 5. The SMILES string of the molecule is Cc1ccc(CNc2cc(C(=O)N3CCN(C)CC3)nc(C)n2)cc1. The van der Waals surface area contributed by atoms with Gasteiger partial charge in [0.1, 0.15) is 17.3 Å². The number of rotatable bonds is 4. The lowest BCUT2D eigenvalue weighted by atomic mass is 10.1. The Morgan fingerprint density at radius 3 is 2.44 bits per heavy atom. The Balaban J connectivity index is 1.69. The molecule has 3 rings (SSSR count). The zero-order valence-electron chi connectivity index (χ0n) is 15.1. The summed E-state index contributed by atoms with van der Waals surface area (Å²) in [5, 5.41) is 3.30. The number of nitrogens with one attached hydrogen (secondary N) is 1. The molecular formula is C19H25N5O. The molecule has 1 N–H and O–H groups in total. The molecule has 6 heteroatoms. The standard InChI is InChI=1S/C19H25N5O/c1-14-4-6-16(7-5-14)13-20-18-12-17(21-15(2)22-18)19(25)24-10-8-23(3)9-11-24/h4-7,12H,8-11,13H2,1-3H3,(H,20,21,22). The molecule has 1 aliphatic heterocycles. The number of carbonyl (C=O) groups excluding carboxylic acids is 1. The average molecular weight is 339 g/mol. The fourth-order valence-corrected chi connectivity index (χ4v) is 2.84. The molecule has 1 saturated heterocycles. The van der Waals surface area contributed by atoms with Gasteiger partial charge in [-0.05, 0) is 26.5 Å². The molecular weight excluding hydrogens is 314 g/mol. The second-order valence-corrected chi connectivity index (χ2v) is 6.62. The second kappa shape index (κ2) is 7.61. The topological polar surface area (TPSA) is 61.4 Å². The Hall–Kier alpha value is -2.47. The van der Waals surface area contributed by atoms with Crippen molar-refractivity contribution in [1.82, 2.24) is 19.8 Å². The van der Waals surface area contributed by atoms with Crippen molar-refractivity contribution in [3.8, 4) is 0 Å². The van der Waals surface area contributed by atoms with Gasteiger partial charge in [-0.2, -0.15) is 0 Å². The molecule has 1 aromatic carbocycles. The number of benzene rings is 1. The van der Waals surface area contributed by atoms with Crippen LogP contribution in [0.2, 0.25) is 0 Å². The molecule has 0 radical (unpaired) electrons. The Morgan fingerprint density at radius 2 is 1.76 bits per heavy atom. The first kappa shape index (κ1) is 17.4. The summed E-state index contributed by atoms with van der Waals surface area (Å²) in [5.74, 6) is 1.27. The van der Waals surface area contributed by atoms with E-state index in [1.165, 1.54) is 11.1 Å². The van der Waals surface area contributed by atoms with E-state index in [0.717, 1.165) is 26.2 Å². The number of carbonyl (C=O) groups is 1. The Labute approximate surface area is 148 Å². The van der Waals surface area contributed by atoms with Gasteiger partial charge in [-0.25, -0.2) is 9.97 Å². The number of amides is 1. The van der Waals surface area contributed by atoms with Crippen molar-refractivity contribution in [2.24, 2.45) is 0 Å². The fourth-order valence-electron chi connectivity index (χ4n) is 2.84. The Bertz CT molecular complexity index is 736. The second-order valence-electron chi connectivity index (χ2n) is 6.62. The maximum atomic E-state index is 12.7. The Kier molecular flexibility index (Phi) is 5.28. The number of nitrogens with zero attached hydrogens (tertiary/aromatic N) is 4. The van der Waals surface area contributed by atoms with E-state index in [2.05, 4.69) is 58.4 Å². The summed E-state index contributed by atoms with van der Waals surface area (Å²) < 4.78 is 0. The highest BCUT2D eigenvalue weighted by atomic mass is 16.2. The predicted molar refractivity (Wildman–Crippen MR) is 98.7 cm³/mol. The molecule has 0 unspecified atom stereocenters. The van der Waals surface area contributed by atoms with Crippen molar-refractivity contribution in [1.29, 1.82) is 0 Å². The monoisotopic (exact) mass is 339 g/mol. The van der Waals surface area contributed by atoms with Gasteiger partial charge in [0.25, 0.3) is 5.91 Å². The molecule has 2 heterocycles. The lowest BCUT2D eigenvalue weighted by Crippen LogP contribution is -2.47. The summed E-state index contributed by atoms with van der Waals surface area (Å²) in [5.41, 5.74) is 2.87. The van der Waals surface area contributed by atoms with Crippen LogP contribution in [0, 0.1) is 13.8 Å². The zero-order chi connectivity index (χ0) is 17.8. The van der Waals surface area contributed by atoms with Gasteiger partial charge in [-0.15, -0.1) is 0 Å². The molecule has 1 aliphatic rings. The van der Waals surface area contributed by atoms with Crippen molar-refractivity contribution in [2.45, 2.75) is 20.4 Å². The van der Waals surface area contributed by atoms with Crippen LogP contribution in [-0.2, 0) is 6.54 Å². The fraction of sp³-hybridized carbons (Fsp3) is 0.421. The van der Waals surface area contributed by atoms with E-state index in [9.17, 15) is 4.79 Å². The lowest BCUT2D eigenvalue weighted by Gasteiger charge is -2.32. The minimum atomic E-state index is -0.0167. The third-order valence-corrected chi connectivity index (χ3v) is 4.44. The van der Waals surface area contributed by atoms with Crippen LogP contribution in [0.5, 0.6) is 0 Å². The lowest BCUT2D eigenvalue weighted by molar-refractivity contribution is 0.0658. The molecule has 0 spiro atoms. The molecule has 0 bridgehead atoms. The van der Waals surface area contributed by atoms with E-state index < -0.39 is 0 Å². The number of hydrogen-bond donors (Lipinski definition) is 1. The van der Waals surface area contributed by atoms with Gasteiger partial charge in [0.15, 0.2) is 0 Å². The van der Waals surface area contributed by atoms with Crippen LogP contribution >= 0.6 is 0 Å². The average Bonchev–Trinajstić information content (AvgIpc) is 2.61. The van der Waals surface area contributed by atoms with Gasteiger partial charge in [-0.1, -0.05) is 29.8 Å². The smallest absolute Gasteiger partial charge is 0.272 e. The maximum absolute atomic E-state index is 12.7. The predicted octanol–water partition coefficient (Wildman–Crippen LogP) is 2.09. The molecule has 6 nitrogen and oxygen atoms in total. The van der Waals surface area contributed by atoms with Gasteiger partial charge in [0, 0.05) is 38.8 Å². The van der Waals surface area contributed by atoms with Crippen LogP contribution in [0.25, 0.3) is 0 Å². The third-order valence-electron chi connectivity index (χ3n) is 4.44. The molecule has 0 aliphatic carbocycles. The van der Waals surface area contributed by atoms with E-state index in [0.29, 0.717) is 23.9 Å². The van der Waals surface area contributed by atoms with E-state index in [1.54, 1.807) is 6.07 Å². The first-order chi connectivity index (χ1) is 12.0. The Morgan fingerprint density at radius 1 is 1.08 bits per heavy atom. The highest BCUT2D eigenvalue weighted by Gasteiger charge is 2.22. The number of anilines is 1. The van der Waals surface area contributed by atoms with E-state index in [-0.39, 0.29) is 5.91 Å². The van der Waals surface area contributed by atoms with Gasteiger partial charge in [-0.3, -0.25) is 4.79 Å². The summed E-state index contributed by atoms with van der Waals surface area (Å²) >= 11 is 0. The van der Waals surface area contributed by atoms with E-state index in [1.807, 2.05) is 11.8 Å². The van der Waals surface area contributed by atoms with Crippen LogP contribution in [0.1, 0.15) is 27.4 Å². The van der Waals surface area contributed by atoms with Crippen LogP contribution < -0.4 is 5.32 Å². The van der Waals surface area contributed by atoms with Crippen molar-refractivity contribution in [3.63, 3.8) is 0 Å². The molecule has 1 amide bonds. The van der Waals surface area contributed by atoms with Crippen LogP contribution in [0.4, 0.5) is 5.82 Å².